The molecule has 0 bridgehead atoms. The highest BCUT2D eigenvalue weighted by Gasteiger charge is 2.38. The number of allylic oxidation sites excluding steroid dienone is 17. The van der Waals surface area contributed by atoms with Gasteiger partial charge in [0.05, 0.1) is 13.2 Å². The van der Waals surface area contributed by atoms with Crippen LogP contribution < -0.4 is 0 Å². The predicted molar refractivity (Wildman–Crippen MR) is 143 cm³/mol. The van der Waals surface area contributed by atoms with Crippen LogP contribution >= 0.6 is 0 Å². The highest BCUT2D eigenvalue weighted by molar-refractivity contribution is 5.73. The molecule has 0 amide bonds. The van der Waals surface area contributed by atoms with Crippen LogP contribution in [0.15, 0.2) is 142 Å². The molecule has 1 aromatic rings. The Labute approximate surface area is 206 Å². The molecule has 0 saturated carbocycles. The van der Waals surface area contributed by atoms with Crippen LogP contribution in [0.25, 0.3) is 6.08 Å². The third-order valence-corrected chi connectivity index (χ3v) is 8.62. The average Bonchev–Trinajstić information content (AvgIpc) is 2.91. The second-order valence-electron chi connectivity index (χ2n) is 10.4. The summed E-state index contributed by atoms with van der Waals surface area (Å²) in [5.41, 5.74) is 15.5. The molecule has 8 rings (SSSR count). The van der Waals surface area contributed by atoms with E-state index in [9.17, 15) is 0 Å². The van der Waals surface area contributed by atoms with Crippen LogP contribution in [0.5, 0.6) is 0 Å². The summed E-state index contributed by atoms with van der Waals surface area (Å²) in [5, 5.41) is 0. The summed E-state index contributed by atoms with van der Waals surface area (Å²) in [5.74, 6) is 1.24. The van der Waals surface area contributed by atoms with E-state index < -0.39 is 0 Å². The Morgan fingerprint density at radius 1 is 0.714 bits per heavy atom. The summed E-state index contributed by atoms with van der Waals surface area (Å²) in [7, 11) is 0. The number of hydrogen-bond donors (Lipinski definition) is 0. The first-order valence-corrected chi connectivity index (χ1v) is 12.7. The highest BCUT2D eigenvalue weighted by atomic mass is 16.5. The quantitative estimate of drug-likeness (QED) is 0.472. The Balaban J connectivity index is 1.06. The zero-order valence-corrected chi connectivity index (χ0v) is 19.6. The van der Waals surface area contributed by atoms with Crippen molar-refractivity contribution >= 4 is 6.08 Å². The molecular formula is C34H26O. The SMILES string of the molecule is C1=CC2=CC=C3C=CC(COCC4=CC=C5C=Cc6cccc7c6[C@@H]5C4=CC7)=C4C=CC(=C1)[C@@H]2[C@H]34. The second kappa shape index (κ2) is 7.41. The van der Waals surface area contributed by atoms with Gasteiger partial charge >= 0.3 is 0 Å². The molecule has 0 aliphatic heterocycles. The molecular weight excluding hydrogens is 424 g/mol. The van der Waals surface area contributed by atoms with E-state index in [1.807, 2.05) is 0 Å². The summed E-state index contributed by atoms with van der Waals surface area (Å²) >= 11 is 0. The van der Waals surface area contributed by atoms with E-state index >= 15 is 0 Å². The molecule has 1 heteroatoms. The number of hydrogen-bond acceptors (Lipinski definition) is 1. The monoisotopic (exact) mass is 450 g/mol. The summed E-state index contributed by atoms with van der Waals surface area (Å²) in [6, 6.07) is 6.73. The maximum Gasteiger partial charge on any atom is 0.0724 e. The highest BCUT2D eigenvalue weighted by Crippen LogP contribution is 2.50. The molecule has 0 saturated heterocycles. The number of ether oxygens (including phenoxy) is 1. The third-order valence-electron chi connectivity index (χ3n) is 8.62. The fourth-order valence-electron chi connectivity index (χ4n) is 7.00. The normalized spacial score (nSPS) is 27.8. The molecule has 1 nitrogen and oxygen atoms in total. The van der Waals surface area contributed by atoms with Gasteiger partial charge in [0.15, 0.2) is 0 Å². The van der Waals surface area contributed by atoms with E-state index in [0.717, 1.165) is 6.42 Å². The van der Waals surface area contributed by atoms with Crippen molar-refractivity contribution in [2.24, 2.45) is 11.8 Å². The van der Waals surface area contributed by atoms with Crippen molar-refractivity contribution in [1.82, 2.24) is 0 Å². The van der Waals surface area contributed by atoms with Crippen molar-refractivity contribution in [3.8, 4) is 0 Å². The summed E-state index contributed by atoms with van der Waals surface area (Å²) < 4.78 is 6.44. The molecule has 0 unspecified atom stereocenters. The number of rotatable bonds is 4. The molecule has 0 spiro atoms. The van der Waals surface area contributed by atoms with Crippen LogP contribution in [0.4, 0.5) is 0 Å². The first-order chi connectivity index (χ1) is 17.3. The van der Waals surface area contributed by atoms with Gasteiger partial charge in [-0.1, -0.05) is 103 Å². The lowest BCUT2D eigenvalue weighted by atomic mass is 9.63. The largest absolute Gasteiger partial charge is 0.372 e. The first-order valence-electron chi connectivity index (χ1n) is 12.7. The summed E-state index contributed by atoms with van der Waals surface area (Å²) in [6.45, 7) is 1.30. The maximum atomic E-state index is 6.44. The van der Waals surface area contributed by atoms with Crippen LogP contribution in [-0.2, 0) is 11.2 Å². The van der Waals surface area contributed by atoms with Crippen LogP contribution in [0.1, 0.15) is 22.6 Å². The van der Waals surface area contributed by atoms with Gasteiger partial charge in [0, 0.05) is 17.8 Å². The zero-order chi connectivity index (χ0) is 22.9. The second-order valence-corrected chi connectivity index (χ2v) is 10.4. The van der Waals surface area contributed by atoms with Gasteiger partial charge in [0.2, 0.25) is 0 Å². The molecule has 168 valence electrons. The van der Waals surface area contributed by atoms with Crippen molar-refractivity contribution in [3.63, 3.8) is 0 Å². The van der Waals surface area contributed by atoms with Crippen molar-refractivity contribution in [2.75, 3.05) is 13.2 Å². The molecule has 0 radical (unpaired) electrons. The van der Waals surface area contributed by atoms with Crippen LogP contribution in [0.2, 0.25) is 0 Å². The van der Waals surface area contributed by atoms with Gasteiger partial charge in [-0.05, 0) is 67.7 Å². The Hall–Kier alpha value is -3.68. The molecule has 0 aromatic heterocycles. The van der Waals surface area contributed by atoms with Gasteiger partial charge in [-0.3, -0.25) is 0 Å². The van der Waals surface area contributed by atoms with Crippen molar-refractivity contribution in [2.45, 2.75) is 12.3 Å². The lowest BCUT2D eigenvalue weighted by molar-refractivity contribution is 0.181. The Morgan fingerprint density at radius 2 is 1.54 bits per heavy atom. The van der Waals surface area contributed by atoms with E-state index in [2.05, 4.69) is 103 Å². The van der Waals surface area contributed by atoms with Gasteiger partial charge in [0.1, 0.15) is 0 Å². The molecule has 3 atom stereocenters. The van der Waals surface area contributed by atoms with Gasteiger partial charge < -0.3 is 4.74 Å². The minimum absolute atomic E-state index is 0.367. The third kappa shape index (κ3) is 2.85. The average molecular weight is 451 g/mol. The van der Waals surface area contributed by atoms with E-state index in [4.69, 9.17) is 4.74 Å². The fourth-order valence-corrected chi connectivity index (χ4v) is 7.00. The molecule has 0 fully saturated rings. The van der Waals surface area contributed by atoms with E-state index in [-0.39, 0.29) is 0 Å². The molecule has 0 N–H and O–H groups in total. The predicted octanol–water partition coefficient (Wildman–Crippen LogP) is 7.19. The summed E-state index contributed by atoms with van der Waals surface area (Å²) in [6.07, 6.45) is 33.1. The van der Waals surface area contributed by atoms with E-state index in [1.54, 1.807) is 0 Å². The van der Waals surface area contributed by atoms with Gasteiger partial charge in [-0.25, -0.2) is 0 Å². The lowest BCUT2D eigenvalue weighted by Crippen LogP contribution is -2.29. The topological polar surface area (TPSA) is 9.23 Å². The van der Waals surface area contributed by atoms with Crippen molar-refractivity contribution < 1.29 is 4.74 Å². The van der Waals surface area contributed by atoms with Crippen molar-refractivity contribution in [3.05, 3.63) is 158 Å². The van der Waals surface area contributed by atoms with Gasteiger partial charge in [-0.2, -0.15) is 0 Å². The molecule has 7 aliphatic rings. The zero-order valence-electron chi connectivity index (χ0n) is 19.6. The minimum Gasteiger partial charge on any atom is -0.372 e. The minimum atomic E-state index is 0.367. The van der Waals surface area contributed by atoms with E-state index in [0.29, 0.717) is 31.0 Å². The standard InChI is InChI=1S/C34H26O/c1-3-21-7-9-25-11-13-27(29-17-15-23(5-1)31(21)33(25)29)19-35-20-28-14-12-26-10-8-22-4-2-6-24-16-18-30(28)34(26)32(22)24/h1-15,17-18,31,33-34H,16,19-20H2/t31-,33-,34+/m1/s1. The fraction of sp³-hybridized carbons (Fsp3) is 0.176. The van der Waals surface area contributed by atoms with Crippen LogP contribution in [-0.4, -0.2) is 13.2 Å². The van der Waals surface area contributed by atoms with Crippen LogP contribution in [0.3, 0.4) is 0 Å². The maximum absolute atomic E-state index is 6.44. The van der Waals surface area contributed by atoms with Gasteiger partial charge in [0.25, 0.3) is 0 Å². The molecule has 0 heterocycles. The molecule has 35 heavy (non-hydrogen) atoms. The Kier molecular flexibility index (Phi) is 4.15. The molecule has 1 aromatic carbocycles. The molecule has 7 aliphatic carbocycles. The smallest absolute Gasteiger partial charge is 0.0724 e. The Bertz CT molecular complexity index is 1530. The first kappa shape index (κ1) is 19.6. The van der Waals surface area contributed by atoms with Crippen LogP contribution in [0, 0.1) is 11.8 Å². The van der Waals surface area contributed by atoms with Gasteiger partial charge in [-0.15, -0.1) is 0 Å². The van der Waals surface area contributed by atoms with Crippen molar-refractivity contribution in [1.29, 1.82) is 0 Å². The van der Waals surface area contributed by atoms with E-state index in [1.165, 1.54) is 61.3 Å². The Morgan fingerprint density at radius 3 is 2.51 bits per heavy atom. The summed E-state index contributed by atoms with van der Waals surface area (Å²) in [4.78, 5) is 0. The lowest BCUT2D eigenvalue weighted by Gasteiger charge is -2.40. The number of benzene rings is 1.